The van der Waals surface area contributed by atoms with Crippen LogP contribution in [0.4, 0.5) is 0 Å². The Balaban J connectivity index is 2.07. The van der Waals surface area contributed by atoms with Gasteiger partial charge in [0.1, 0.15) is 0 Å². The molecule has 0 unspecified atom stereocenters. The number of nitrogens with zero attached hydrogens (tertiary/aromatic N) is 3. The van der Waals surface area contributed by atoms with Crippen LogP contribution in [0.3, 0.4) is 0 Å². The van der Waals surface area contributed by atoms with Gasteiger partial charge in [-0.15, -0.1) is 0 Å². The van der Waals surface area contributed by atoms with Gasteiger partial charge in [0.25, 0.3) is 0 Å². The zero-order chi connectivity index (χ0) is 12.4. The average Bonchev–Trinajstić information content (AvgIpc) is 2.40. The molecule has 0 spiro atoms. The molecule has 3 nitrogen and oxygen atoms in total. The number of aryl methyl sites for hydroxylation is 1. The van der Waals surface area contributed by atoms with E-state index in [9.17, 15) is 0 Å². The molecule has 3 rings (SSSR count). The summed E-state index contributed by atoms with van der Waals surface area (Å²) in [5.74, 6) is 0. The van der Waals surface area contributed by atoms with E-state index in [0.717, 1.165) is 21.0 Å². The molecule has 0 N–H and O–H groups in total. The molecule has 0 fully saturated rings. The first kappa shape index (κ1) is 11.2. The van der Waals surface area contributed by atoms with Gasteiger partial charge in [-0.3, -0.25) is 4.98 Å². The highest BCUT2D eigenvalue weighted by Gasteiger charge is 2.05. The molecule has 0 saturated carbocycles. The lowest BCUT2D eigenvalue weighted by Gasteiger charge is -2.05. The summed E-state index contributed by atoms with van der Waals surface area (Å²) in [4.78, 5) is 14.0. The number of rotatable bonds is 2. The Labute approximate surface area is 109 Å². The second kappa shape index (κ2) is 4.74. The van der Waals surface area contributed by atoms with Gasteiger partial charge in [0.05, 0.1) is 5.52 Å². The van der Waals surface area contributed by atoms with E-state index in [-0.39, 0.29) is 0 Å². The largest absolute Gasteiger partial charge is 0.256 e. The predicted octanol–water partition coefficient (Wildman–Crippen LogP) is 3.48. The smallest absolute Gasteiger partial charge is 0.192 e. The summed E-state index contributed by atoms with van der Waals surface area (Å²) in [5, 5.41) is 1.89. The maximum Gasteiger partial charge on any atom is 0.192 e. The van der Waals surface area contributed by atoms with Crippen LogP contribution in [0.2, 0.25) is 0 Å². The number of benzene rings is 1. The Morgan fingerprint density at radius 3 is 2.61 bits per heavy atom. The van der Waals surface area contributed by atoms with E-state index in [4.69, 9.17) is 0 Å². The van der Waals surface area contributed by atoms with Crippen molar-refractivity contribution in [3.8, 4) is 0 Å². The minimum absolute atomic E-state index is 0.755. The second-order valence-electron chi connectivity index (χ2n) is 3.96. The Kier molecular flexibility index (Phi) is 2.94. The first-order chi connectivity index (χ1) is 8.83. The maximum atomic E-state index is 4.39. The molecule has 0 aliphatic rings. The van der Waals surface area contributed by atoms with Crippen molar-refractivity contribution < 1.29 is 0 Å². The molecular weight excluding hydrogens is 242 g/mol. The van der Waals surface area contributed by atoms with Gasteiger partial charge < -0.3 is 0 Å². The van der Waals surface area contributed by atoms with Crippen LogP contribution in [0.5, 0.6) is 0 Å². The van der Waals surface area contributed by atoms with E-state index in [1.807, 2.05) is 18.3 Å². The summed E-state index contributed by atoms with van der Waals surface area (Å²) in [7, 11) is 0. The van der Waals surface area contributed by atoms with Crippen molar-refractivity contribution in [3.05, 3.63) is 54.5 Å². The molecule has 0 bridgehead atoms. The van der Waals surface area contributed by atoms with Crippen LogP contribution in [0, 0.1) is 6.92 Å². The third-order valence-corrected chi connectivity index (χ3v) is 3.57. The Morgan fingerprint density at radius 2 is 1.78 bits per heavy atom. The van der Waals surface area contributed by atoms with Crippen LogP contribution >= 0.6 is 11.8 Å². The van der Waals surface area contributed by atoms with Crippen molar-refractivity contribution in [2.45, 2.75) is 17.0 Å². The normalized spacial score (nSPS) is 10.7. The third kappa shape index (κ3) is 2.19. The van der Waals surface area contributed by atoms with Crippen LogP contribution in [0.1, 0.15) is 5.56 Å². The third-order valence-electron chi connectivity index (χ3n) is 2.60. The molecule has 0 aliphatic heterocycles. The van der Waals surface area contributed by atoms with Crippen molar-refractivity contribution in [3.63, 3.8) is 0 Å². The van der Waals surface area contributed by atoms with E-state index in [2.05, 4.69) is 40.1 Å². The van der Waals surface area contributed by atoms with Gasteiger partial charge in [-0.1, -0.05) is 12.1 Å². The zero-order valence-electron chi connectivity index (χ0n) is 9.87. The molecule has 0 atom stereocenters. The van der Waals surface area contributed by atoms with Crippen LogP contribution in [0.25, 0.3) is 10.9 Å². The van der Waals surface area contributed by atoms with E-state index in [1.54, 1.807) is 24.2 Å². The number of hydrogen-bond donors (Lipinski definition) is 0. The van der Waals surface area contributed by atoms with E-state index in [0.29, 0.717) is 0 Å². The van der Waals surface area contributed by atoms with Gasteiger partial charge in [-0.05, 0) is 42.4 Å². The van der Waals surface area contributed by atoms with Crippen molar-refractivity contribution in [2.24, 2.45) is 0 Å². The van der Waals surface area contributed by atoms with Gasteiger partial charge in [-0.25, -0.2) is 9.97 Å². The zero-order valence-corrected chi connectivity index (χ0v) is 10.7. The fourth-order valence-electron chi connectivity index (χ4n) is 1.76. The minimum Gasteiger partial charge on any atom is -0.256 e. The molecule has 0 aliphatic carbocycles. The SMILES string of the molecule is Cc1ccc2c(Sc3ncccn3)ccnc2c1. The molecule has 0 amide bonds. The second-order valence-corrected chi connectivity index (χ2v) is 4.97. The quantitative estimate of drug-likeness (QED) is 0.655. The molecule has 88 valence electrons. The lowest BCUT2D eigenvalue weighted by molar-refractivity contribution is 0.967. The highest BCUT2D eigenvalue weighted by Crippen LogP contribution is 2.30. The van der Waals surface area contributed by atoms with Gasteiger partial charge in [-0.2, -0.15) is 0 Å². The Morgan fingerprint density at radius 1 is 0.944 bits per heavy atom. The topological polar surface area (TPSA) is 38.7 Å². The van der Waals surface area contributed by atoms with Gasteiger partial charge in [0.2, 0.25) is 0 Å². The van der Waals surface area contributed by atoms with Crippen LogP contribution in [-0.2, 0) is 0 Å². The van der Waals surface area contributed by atoms with Crippen LogP contribution < -0.4 is 0 Å². The standard InChI is InChI=1S/C14H11N3S/c1-10-3-4-11-12(9-10)15-8-5-13(11)18-14-16-6-2-7-17-14/h2-9H,1H3. The van der Waals surface area contributed by atoms with Gasteiger partial charge >= 0.3 is 0 Å². The van der Waals surface area contributed by atoms with E-state index >= 15 is 0 Å². The monoisotopic (exact) mass is 253 g/mol. The fourth-order valence-corrected chi connectivity index (χ4v) is 2.59. The lowest BCUT2D eigenvalue weighted by Crippen LogP contribution is -1.86. The van der Waals surface area contributed by atoms with Crippen molar-refractivity contribution in [1.82, 2.24) is 15.0 Å². The van der Waals surface area contributed by atoms with Crippen LogP contribution in [0.15, 0.2) is 59.0 Å². The molecule has 0 radical (unpaired) electrons. The summed E-state index contributed by atoms with van der Waals surface area (Å²) in [5.41, 5.74) is 2.23. The summed E-state index contributed by atoms with van der Waals surface area (Å²) in [6, 6.07) is 10.1. The summed E-state index contributed by atoms with van der Waals surface area (Å²) in [6.07, 6.45) is 5.33. The number of hydrogen-bond acceptors (Lipinski definition) is 4. The highest BCUT2D eigenvalue weighted by atomic mass is 32.2. The minimum atomic E-state index is 0.755. The molecule has 18 heavy (non-hydrogen) atoms. The average molecular weight is 253 g/mol. The first-order valence-corrected chi connectivity index (χ1v) is 6.45. The maximum absolute atomic E-state index is 4.39. The summed E-state index contributed by atoms with van der Waals surface area (Å²) in [6.45, 7) is 2.07. The molecular formula is C14H11N3S. The molecule has 2 heterocycles. The molecule has 4 heteroatoms. The van der Waals surface area contributed by atoms with Crippen molar-refractivity contribution in [1.29, 1.82) is 0 Å². The number of pyridine rings is 1. The summed E-state index contributed by atoms with van der Waals surface area (Å²) < 4.78 is 0. The predicted molar refractivity (Wildman–Crippen MR) is 72.6 cm³/mol. The van der Waals surface area contributed by atoms with E-state index in [1.165, 1.54) is 5.56 Å². The lowest BCUT2D eigenvalue weighted by atomic mass is 10.1. The molecule has 0 saturated heterocycles. The highest BCUT2D eigenvalue weighted by molar-refractivity contribution is 7.99. The van der Waals surface area contributed by atoms with Crippen molar-refractivity contribution in [2.75, 3.05) is 0 Å². The summed E-state index contributed by atoms with van der Waals surface area (Å²) >= 11 is 1.56. The molecule has 3 aromatic rings. The first-order valence-electron chi connectivity index (χ1n) is 5.63. The Hall–Kier alpha value is -1.94. The van der Waals surface area contributed by atoms with Crippen LogP contribution in [-0.4, -0.2) is 15.0 Å². The fraction of sp³-hybridized carbons (Fsp3) is 0.0714. The van der Waals surface area contributed by atoms with Crippen molar-refractivity contribution >= 4 is 22.7 Å². The van der Waals surface area contributed by atoms with Gasteiger partial charge in [0.15, 0.2) is 5.16 Å². The molecule has 1 aromatic carbocycles. The number of aromatic nitrogens is 3. The Bertz CT molecular complexity index is 683. The van der Waals surface area contributed by atoms with Gasteiger partial charge in [0, 0.05) is 28.9 Å². The number of fused-ring (bicyclic) bond motifs is 1. The van der Waals surface area contributed by atoms with E-state index < -0.39 is 0 Å². The molecule has 2 aromatic heterocycles.